The Balaban J connectivity index is 1.82. The summed E-state index contributed by atoms with van der Waals surface area (Å²) in [5.41, 5.74) is 7.68. The van der Waals surface area contributed by atoms with Gasteiger partial charge in [-0.15, -0.1) is 0 Å². The first-order chi connectivity index (χ1) is 13.5. The van der Waals surface area contributed by atoms with Crippen molar-refractivity contribution in [1.82, 2.24) is 24.6 Å². The smallest absolute Gasteiger partial charge is 0.246 e. The van der Waals surface area contributed by atoms with Crippen LogP contribution in [0, 0.1) is 5.82 Å². The lowest BCUT2D eigenvalue weighted by Crippen LogP contribution is -2.27. The van der Waals surface area contributed by atoms with E-state index >= 15 is 0 Å². The number of benzene rings is 1. The number of hydrogen-bond donors (Lipinski definition) is 1. The largest absolute Gasteiger partial charge is 0.494 e. The Morgan fingerprint density at radius 1 is 1.43 bits per heavy atom. The second-order valence-electron chi connectivity index (χ2n) is 6.53. The Hall–Kier alpha value is -3.49. The molecule has 3 aromatic rings. The first-order valence-electron chi connectivity index (χ1n) is 8.77. The number of halogens is 1. The van der Waals surface area contributed by atoms with E-state index in [1.165, 1.54) is 31.6 Å². The number of aromatic nitrogens is 4. The zero-order valence-corrected chi connectivity index (χ0v) is 15.3. The van der Waals surface area contributed by atoms with Gasteiger partial charge in [0.15, 0.2) is 17.2 Å². The number of carbonyl (C=O) groups is 1. The van der Waals surface area contributed by atoms with Gasteiger partial charge in [0.25, 0.3) is 0 Å². The van der Waals surface area contributed by atoms with E-state index in [0.29, 0.717) is 35.4 Å². The van der Waals surface area contributed by atoms with E-state index in [4.69, 9.17) is 10.5 Å². The van der Waals surface area contributed by atoms with Crippen LogP contribution in [-0.2, 0) is 4.79 Å². The molecule has 1 fully saturated rings. The lowest BCUT2D eigenvalue weighted by atomic mass is 10.1. The molecule has 1 atom stereocenters. The fourth-order valence-corrected chi connectivity index (χ4v) is 3.54. The van der Waals surface area contributed by atoms with E-state index in [-0.39, 0.29) is 23.5 Å². The number of methoxy groups -OCH3 is 1. The molecule has 1 unspecified atom stereocenters. The zero-order chi connectivity index (χ0) is 19.8. The SMILES string of the molecule is C=CC(=O)N1CCC(n2nc(-c3ccc(OC)c(F)c3)c3c(N)ncnc32)C1. The highest BCUT2D eigenvalue weighted by atomic mass is 19.1. The molecule has 1 amide bonds. The standard InChI is InChI=1S/C19H19FN6O2/c1-3-15(27)25-7-6-12(9-25)26-19-16(18(21)22-10-23-19)17(24-26)11-4-5-14(28-2)13(20)8-11/h3-5,8,10,12H,1,6-7,9H2,2H3,(H2,21,22,23). The lowest BCUT2D eigenvalue weighted by molar-refractivity contribution is -0.125. The molecule has 1 aliphatic heterocycles. The maximum absolute atomic E-state index is 14.2. The molecule has 0 saturated carbocycles. The molecule has 1 aromatic carbocycles. The van der Waals surface area contributed by atoms with Crippen LogP contribution < -0.4 is 10.5 Å². The van der Waals surface area contributed by atoms with Crippen molar-refractivity contribution in [1.29, 1.82) is 0 Å². The van der Waals surface area contributed by atoms with Gasteiger partial charge in [0, 0.05) is 18.7 Å². The minimum Gasteiger partial charge on any atom is -0.494 e. The van der Waals surface area contributed by atoms with Crippen LogP contribution >= 0.6 is 0 Å². The summed E-state index contributed by atoms with van der Waals surface area (Å²) in [4.78, 5) is 22.0. The highest BCUT2D eigenvalue weighted by Crippen LogP contribution is 2.35. The van der Waals surface area contributed by atoms with Crippen LogP contribution in [0.2, 0.25) is 0 Å². The van der Waals surface area contributed by atoms with Gasteiger partial charge >= 0.3 is 0 Å². The monoisotopic (exact) mass is 382 g/mol. The highest BCUT2D eigenvalue weighted by molar-refractivity contribution is 5.98. The van der Waals surface area contributed by atoms with Gasteiger partial charge in [0.1, 0.15) is 17.8 Å². The summed E-state index contributed by atoms with van der Waals surface area (Å²) in [6.07, 6.45) is 3.39. The minimum absolute atomic E-state index is 0.0717. The van der Waals surface area contributed by atoms with Crippen molar-refractivity contribution in [3.63, 3.8) is 0 Å². The van der Waals surface area contributed by atoms with E-state index in [2.05, 4.69) is 21.6 Å². The van der Waals surface area contributed by atoms with Crippen LogP contribution in [0.3, 0.4) is 0 Å². The molecule has 0 aliphatic carbocycles. The molecule has 2 aromatic heterocycles. The topological polar surface area (TPSA) is 99.2 Å². The van der Waals surface area contributed by atoms with Gasteiger partial charge in [0.05, 0.1) is 18.5 Å². The normalized spacial score (nSPS) is 16.5. The van der Waals surface area contributed by atoms with Gasteiger partial charge in [0.2, 0.25) is 5.91 Å². The Kier molecular flexibility index (Phi) is 4.42. The number of hydrogen-bond acceptors (Lipinski definition) is 6. The number of carbonyl (C=O) groups excluding carboxylic acids is 1. The van der Waals surface area contributed by atoms with E-state index in [1.54, 1.807) is 15.6 Å². The number of rotatable bonds is 4. The molecule has 1 saturated heterocycles. The molecular formula is C19H19FN6O2. The molecule has 0 spiro atoms. The molecule has 3 heterocycles. The van der Waals surface area contributed by atoms with Gasteiger partial charge in [-0.05, 0) is 30.7 Å². The Bertz CT molecular complexity index is 1080. The highest BCUT2D eigenvalue weighted by Gasteiger charge is 2.30. The Morgan fingerprint density at radius 2 is 2.25 bits per heavy atom. The number of fused-ring (bicyclic) bond motifs is 1. The number of nitrogens with zero attached hydrogens (tertiary/aromatic N) is 5. The Labute approximate surface area is 160 Å². The molecule has 1 aliphatic rings. The lowest BCUT2D eigenvalue weighted by Gasteiger charge is -2.14. The fourth-order valence-electron chi connectivity index (χ4n) is 3.54. The molecular weight excluding hydrogens is 363 g/mol. The predicted octanol–water partition coefficient (Wildman–Crippen LogP) is 2.18. The summed E-state index contributed by atoms with van der Waals surface area (Å²) < 4.78 is 21.0. The van der Waals surface area contributed by atoms with Gasteiger partial charge < -0.3 is 15.4 Å². The van der Waals surface area contributed by atoms with Gasteiger partial charge in [-0.3, -0.25) is 4.79 Å². The van der Waals surface area contributed by atoms with Crippen molar-refractivity contribution in [2.45, 2.75) is 12.5 Å². The number of nitrogen functional groups attached to an aromatic ring is 1. The van der Waals surface area contributed by atoms with E-state index in [0.717, 1.165) is 6.42 Å². The van der Waals surface area contributed by atoms with Gasteiger partial charge in [-0.25, -0.2) is 19.0 Å². The quantitative estimate of drug-likeness (QED) is 0.695. The molecule has 0 radical (unpaired) electrons. The Morgan fingerprint density at radius 3 is 2.96 bits per heavy atom. The second-order valence-corrected chi connectivity index (χ2v) is 6.53. The zero-order valence-electron chi connectivity index (χ0n) is 15.3. The van der Waals surface area contributed by atoms with Crippen LogP contribution in [0.25, 0.3) is 22.3 Å². The van der Waals surface area contributed by atoms with E-state index < -0.39 is 5.82 Å². The second kappa shape index (κ2) is 6.91. The number of ether oxygens (including phenoxy) is 1. The summed E-state index contributed by atoms with van der Waals surface area (Å²) >= 11 is 0. The van der Waals surface area contributed by atoms with Crippen LogP contribution in [0.4, 0.5) is 10.2 Å². The molecule has 4 rings (SSSR count). The maximum Gasteiger partial charge on any atom is 0.246 e. The summed E-state index contributed by atoms with van der Waals surface area (Å²) in [6, 6.07) is 4.52. The fraction of sp³-hybridized carbons (Fsp3) is 0.263. The summed E-state index contributed by atoms with van der Waals surface area (Å²) in [7, 11) is 1.41. The van der Waals surface area contributed by atoms with E-state index in [9.17, 15) is 9.18 Å². The molecule has 0 bridgehead atoms. The van der Waals surface area contributed by atoms with Crippen molar-refractivity contribution >= 4 is 22.8 Å². The maximum atomic E-state index is 14.2. The summed E-state index contributed by atoms with van der Waals surface area (Å²) in [5, 5.41) is 5.24. The molecule has 28 heavy (non-hydrogen) atoms. The first-order valence-corrected chi connectivity index (χ1v) is 8.77. The van der Waals surface area contributed by atoms with Crippen LogP contribution in [-0.4, -0.2) is 50.8 Å². The van der Waals surface area contributed by atoms with Crippen molar-refractivity contribution in [2.75, 3.05) is 25.9 Å². The van der Waals surface area contributed by atoms with E-state index in [1.807, 2.05) is 0 Å². The third kappa shape index (κ3) is 2.84. The van der Waals surface area contributed by atoms with Crippen LogP contribution in [0.5, 0.6) is 5.75 Å². The summed E-state index contributed by atoms with van der Waals surface area (Å²) in [6.45, 7) is 4.62. The minimum atomic E-state index is -0.498. The van der Waals surface area contributed by atoms with Crippen LogP contribution in [0.15, 0.2) is 37.2 Å². The third-order valence-electron chi connectivity index (χ3n) is 4.94. The van der Waals surface area contributed by atoms with Crippen molar-refractivity contribution in [2.24, 2.45) is 0 Å². The number of likely N-dealkylation sites (tertiary alicyclic amines) is 1. The van der Waals surface area contributed by atoms with Crippen LogP contribution in [0.1, 0.15) is 12.5 Å². The molecule has 9 heteroatoms. The van der Waals surface area contributed by atoms with Crippen molar-refractivity contribution in [3.8, 4) is 17.0 Å². The molecule has 2 N–H and O–H groups in total. The molecule has 144 valence electrons. The number of amides is 1. The molecule has 8 nitrogen and oxygen atoms in total. The predicted molar refractivity (Wildman–Crippen MR) is 102 cm³/mol. The van der Waals surface area contributed by atoms with Gasteiger partial charge in [-0.2, -0.15) is 5.10 Å². The average Bonchev–Trinajstić information content (AvgIpc) is 3.33. The number of anilines is 1. The first kappa shape index (κ1) is 17.9. The number of nitrogens with two attached hydrogens (primary N) is 1. The summed E-state index contributed by atoms with van der Waals surface area (Å²) in [5.74, 6) is -0.210. The van der Waals surface area contributed by atoms with Crippen molar-refractivity contribution in [3.05, 3.63) is 43.0 Å². The average molecular weight is 382 g/mol. The van der Waals surface area contributed by atoms with Gasteiger partial charge in [-0.1, -0.05) is 6.58 Å². The van der Waals surface area contributed by atoms with Crippen molar-refractivity contribution < 1.29 is 13.9 Å². The third-order valence-corrected chi connectivity index (χ3v) is 4.94.